The average Bonchev–Trinajstić information content (AvgIpc) is 3.32. The molecule has 10 nitrogen and oxygen atoms in total. The third-order valence-electron chi connectivity index (χ3n) is 6.73. The van der Waals surface area contributed by atoms with Gasteiger partial charge in [0, 0.05) is 26.2 Å². The number of carbonyl (C=O) groups is 2. The number of piperidine rings is 1. The molecule has 0 bridgehead atoms. The van der Waals surface area contributed by atoms with Crippen molar-refractivity contribution in [3.8, 4) is 0 Å². The highest BCUT2D eigenvalue weighted by Gasteiger charge is 2.38. The van der Waals surface area contributed by atoms with Crippen molar-refractivity contribution in [2.45, 2.75) is 57.5 Å². The molecule has 2 atom stereocenters. The number of nitrogens with two attached hydrogens (primary N) is 1. The van der Waals surface area contributed by atoms with Crippen LogP contribution in [0.5, 0.6) is 0 Å². The molecule has 0 aromatic heterocycles. The maximum absolute atomic E-state index is 13.5. The predicted octanol–water partition coefficient (Wildman–Crippen LogP) is 0.640. The minimum absolute atomic E-state index is 0.0576. The molecule has 0 radical (unpaired) electrons. The summed E-state index contributed by atoms with van der Waals surface area (Å²) in [6.45, 7) is 4.11. The first kappa shape index (κ1) is 26.9. The second kappa shape index (κ2) is 12.3. The van der Waals surface area contributed by atoms with E-state index in [-0.39, 0.29) is 29.9 Å². The van der Waals surface area contributed by atoms with Crippen molar-refractivity contribution in [3.63, 3.8) is 0 Å². The summed E-state index contributed by atoms with van der Waals surface area (Å²) in [5, 5.41) is 10.5. The minimum atomic E-state index is -3.62. The maximum Gasteiger partial charge on any atom is 0.242 e. The first-order valence-electron chi connectivity index (χ1n) is 12.4. The smallest absolute Gasteiger partial charge is 0.242 e. The zero-order valence-electron chi connectivity index (χ0n) is 20.4. The minimum Gasteiger partial charge on any atom is -0.370 e. The van der Waals surface area contributed by atoms with Crippen LogP contribution in [0.15, 0.2) is 30.3 Å². The van der Waals surface area contributed by atoms with Gasteiger partial charge < -0.3 is 20.9 Å². The van der Waals surface area contributed by atoms with E-state index in [4.69, 9.17) is 11.1 Å². The lowest BCUT2D eigenvalue weighted by molar-refractivity contribution is -0.139. The van der Waals surface area contributed by atoms with Crippen molar-refractivity contribution in [3.05, 3.63) is 35.9 Å². The van der Waals surface area contributed by atoms with E-state index in [1.165, 1.54) is 4.90 Å². The van der Waals surface area contributed by atoms with Gasteiger partial charge in [-0.15, -0.1) is 0 Å². The lowest BCUT2D eigenvalue weighted by Gasteiger charge is -2.33. The van der Waals surface area contributed by atoms with Crippen molar-refractivity contribution < 1.29 is 18.0 Å². The molecular weight excluding hydrogens is 468 g/mol. The van der Waals surface area contributed by atoms with Crippen molar-refractivity contribution >= 4 is 27.8 Å². The normalized spacial score (nSPS) is 20.0. The molecule has 1 aromatic carbocycles. The zero-order chi connectivity index (χ0) is 25.4. The van der Waals surface area contributed by atoms with Crippen molar-refractivity contribution in [1.82, 2.24) is 19.8 Å². The Kier molecular flexibility index (Phi) is 9.50. The molecule has 0 aliphatic carbocycles. The van der Waals surface area contributed by atoms with Gasteiger partial charge in [-0.1, -0.05) is 37.3 Å². The standard InChI is InChI=1S/C24H38N6O4S/c1-2-15-35(33,34)28-20(16-18-7-4-3-5-8-18)23(32)30-12-6-9-21(30)22(31)27-17-19-10-13-29(14-11-19)24(25)26/h3-5,7-8,19-21,28H,2,6,9-17H2,1H3,(H3,25,26)(H,27,31)/t20-,21+/m1/s1. The highest BCUT2D eigenvalue weighted by atomic mass is 32.2. The zero-order valence-corrected chi connectivity index (χ0v) is 21.2. The third kappa shape index (κ3) is 7.66. The van der Waals surface area contributed by atoms with Crippen LogP contribution in [0.4, 0.5) is 0 Å². The molecule has 2 aliphatic rings. The molecular formula is C24H38N6O4S. The fourth-order valence-corrected chi connectivity index (χ4v) is 6.09. The quantitative estimate of drug-likeness (QED) is 0.270. The van der Waals surface area contributed by atoms with Crippen LogP contribution in [0.2, 0.25) is 0 Å². The van der Waals surface area contributed by atoms with Crippen molar-refractivity contribution in [2.24, 2.45) is 11.7 Å². The number of nitrogens with one attached hydrogen (secondary N) is 3. The summed E-state index contributed by atoms with van der Waals surface area (Å²) in [4.78, 5) is 29.9. The number of rotatable bonds is 10. The SMILES string of the molecule is CCCS(=O)(=O)N[C@H](Cc1ccccc1)C(=O)N1CCC[C@H]1C(=O)NCC1CCN(C(=N)N)CC1. The van der Waals surface area contributed by atoms with E-state index >= 15 is 0 Å². The topological polar surface area (TPSA) is 149 Å². The number of hydrogen-bond donors (Lipinski definition) is 4. The van der Waals surface area contributed by atoms with Gasteiger partial charge in [0.05, 0.1) is 5.75 Å². The van der Waals surface area contributed by atoms with Gasteiger partial charge in [0.15, 0.2) is 5.96 Å². The molecule has 0 spiro atoms. The van der Waals surface area contributed by atoms with Crippen molar-refractivity contribution in [2.75, 3.05) is 31.9 Å². The molecule has 0 saturated carbocycles. The second-order valence-electron chi connectivity index (χ2n) is 9.43. The van der Waals surface area contributed by atoms with Gasteiger partial charge in [-0.2, -0.15) is 0 Å². The number of nitrogens with zero attached hydrogens (tertiary/aromatic N) is 2. The summed E-state index contributed by atoms with van der Waals surface area (Å²) < 4.78 is 27.6. The Bertz CT molecular complexity index is 979. The Balaban J connectivity index is 1.64. The molecule has 2 fully saturated rings. The number of hydrogen-bond acceptors (Lipinski definition) is 5. The van der Waals surface area contributed by atoms with E-state index in [9.17, 15) is 18.0 Å². The predicted molar refractivity (Wildman–Crippen MR) is 135 cm³/mol. The van der Waals surface area contributed by atoms with E-state index < -0.39 is 22.1 Å². The molecule has 0 unspecified atom stereocenters. The monoisotopic (exact) mass is 506 g/mol. The van der Waals surface area contributed by atoms with Crippen LogP contribution in [0.3, 0.4) is 0 Å². The van der Waals surface area contributed by atoms with E-state index in [1.54, 1.807) is 6.92 Å². The molecule has 11 heteroatoms. The number of benzene rings is 1. The first-order valence-corrected chi connectivity index (χ1v) is 14.1. The van der Waals surface area contributed by atoms with Crippen LogP contribution < -0.4 is 15.8 Å². The maximum atomic E-state index is 13.5. The first-order chi connectivity index (χ1) is 16.7. The molecule has 1 aromatic rings. The number of amides is 2. The van der Waals surface area contributed by atoms with Crippen molar-refractivity contribution in [1.29, 1.82) is 5.41 Å². The summed E-state index contributed by atoms with van der Waals surface area (Å²) in [6, 6.07) is 7.73. The van der Waals surface area contributed by atoms with Gasteiger partial charge in [-0.25, -0.2) is 13.1 Å². The lowest BCUT2D eigenvalue weighted by Crippen LogP contribution is -2.54. The number of guanidine groups is 1. The molecule has 2 amide bonds. The molecule has 2 aliphatic heterocycles. The van der Waals surface area contributed by atoms with Gasteiger partial charge in [0.1, 0.15) is 12.1 Å². The van der Waals surface area contributed by atoms with E-state index in [1.807, 2.05) is 35.2 Å². The van der Waals surface area contributed by atoms with Gasteiger partial charge in [-0.3, -0.25) is 15.0 Å². The Morgan fingerprint density at radius 1 is 1.14 bits per heavy atom. The molecule has 5 N–H and O–H groups in total. The summed E-state index contributed by atoms with van der Waals surface area (Å²) in [5.74, 6) is -0.238. The Morgan fingerprint density at radius 3 is 2.46 bits per heavy atom. The van der Waals surface area contributed by atoms with Gasteiger partial charge in [0.2, 0.25) is 21.8 Å². The second-order valence-corrected chi connectivity index (χ2v) is 11.3. The summed E-state index contributed by atoms with van der Waals surface area (Å²) in [5.41, 5.74) is 6.40. The molecule has 3 rings (SSSR count). The highest BCUT2D eigenvalue weighted by Crippen LogP contribution is 2.21. The lowest BCUT2D eigenvalue weighted by atomic mass is 9.97. The Morgan fingerprint density at radius 2 is 1.83 bits per heavy atom. The van der Waals surface area contributed by atoms with E-state index in [2.05, 4.69) is 10.0 Å². The summed E-state index contributed by atoms with van der Waals surface area (Å²) in [6.07, 6.45) is 3.60. The fraction of sp³-hybridized carbons (Fsp3) is 0.625. The molecule has 35 heavy (non-hydrogen) atoms. The summed E-state index contributed by atoms with van der Waals surface area (Å²) in [7, 11) is -3.62. The fourth-order valence-electron chi connectivity index (χ4n) is 4.82. The third-order valence-corrected chi connectivity index (χ3v) is 8.32. The summed E-state index contributed by atoms with van der Waals surface area (Å²) >= 11 is 0. The number of carbonyl (C=O) groups excluding carboxylic acids is 2. The van der Waals surface area contributed by atoms with Crippen LogP contribution >= 0.6 is 0 Å². The van der Waals surface area contributed by atoms with Crippen LogP contribution in [0.1, 0.15) is 44.6 Å². The molecule has 2 saturated heterocycles. The Labute approximate surface area is 208 Å². The van der Waals surface area contributed by atoms with Crippen LogP contribution in [0.25, 0.3) is 0 Å². The Hall–Kier alpha value is -2.66. The van der Waals surface area contributed by atoms with Gasteiger partial charge in [-0.05, 0) is 50.0 Å². The molecule has 194 valence electrons. The largest absolute Gasteiger partial charge is 0.370 e. The van der Waals surface area contributed by atoms with Crippen LogP contribution in [-0.2, 0) is 26.0 Å². The highest BCUT2D eigenvalue weighted by molar-refractivity contribution is 7.89. The van der Waals surface area contributed by atoms with Gasteiger partial charge >= 0.3 is 0 Å². The number of likely N-dealkylation sites (tertiary alicyclic amines) is 2. The van der Waals surface area contributed by atoms with E-state index in [0.29, 0.717) is 51.4 Å². The number of sulfonamides is 1. The van der Waals surface area contributed by atoms with Crippen LogP contribution in [0, 0.1) is 11.3 Å². The van der Waals surface area contributed by atoms with Crippen LogP contribution in [-0.4, -0.2) is 80.0 Å². The molecule has 2 heterocycles. The van der Waals surface area contributed by atoms with E-state index in [0.717, 1.165) is 18.4 Å². The average molecular weight is 507 g/mol. The van der Waals surface area contributed by atoms with Gasteiger partial charge in [0.25, 0.3) is 0 Å².